The van der Waals surface area contributed by atoms with E-state index in [1.165, 1.54) is 12.8 Å². The smallest absolute Gasteiger partial charge is 0.240 e. The molecule has 2 aliphatic carbocycles. The van der Waals surface area contributed by atoms with Crippen molar-refractivity contribution in [1.82, 2.24) is 10.0 Å². The summed E-state index contributed by atoms with van der Waals surface area (Å²) in [6, 6.07) is 7.86. The van der Waals surface area contributed by atoms with Gasteiger partial charge in [-0.3, -0.25) is 0 Å². The molecule has 3 rings (SSSR count). The average molecular weight is 308 g/mol. The topological polar surface area (TPSA) is 58.2 Å². The highest BCUT2D eigenvalue weighted by atomic mass is 32.2. The molecule has 0 amide bonds. The molecule has 0 aliphatic heterocycles. The minimum atomic E-state index is -3.39. The minimum Gasteiger partial charge on any atom is -0.310 e. The lowest BCUT2D eigenvalue weighted by atomic mass is 10.1. The quantitative estimate of drug-likeness (QED) is 0.812. The molecule has 21 heavy (non-hydrogen) atoms. The van der Waals surface area contributed by atoms with E-state index in [0.717, 1.165) is 18.5 Å². The van der Waals surface area contributed by atoms with Crippen LogP contribution in [0.25, 0.3) is 0 Å². The summed E-state index contributed by atoms with van der Waals surface area (Å²) in [6.45, 7) is 5.63. The largest absolute Gasteiger partial charge is 0.310 e. The van der Waals surface area contributed by atoms with Crippen molar-refractivity contribution in [3.05, 3.63) is 29.8 Å². The van der Waals surface area contributed by atoms with Gasteiger partial charge in [0.2, 0.25) is 10.0 Å². The SMILES string of the molecule is CC1(C)CC1CNS(=O)(=O)c1cccc(CNC2CC2)c1. The van der Waals surface area contributed by atoms with Gasteiger partial charge in [0.25, 0.3) is 0 Å². The lowest BCUT2D eigenvalue weighted by Gasteiger charge is -2.10. The Bertz CT molecular complexity index is 621. The van der Waals surface area contributed by atoms with Crippen LogP contribution in [-0.2, 0) is 16.6 Å². The summed E-state index contributed by atoms with van der Waals surface area (Å²) >= 11 is 0. The van der Waals surface area contributed by atoms with Crippen molar-refractivity contribution in [1.29, 1.82) is 0 Å². The van der Waals surface area contributed by atoms with Crippen molar-refractivity contribution in [2.45, 2.75) is 50.6 Å². The third-order valence-electron chi connectivity index (χ3n) is 4.62. The van der Waals surface area contributed by atoms with Crippen LogP contribution in [0.4, 0.5) is 0 Å². The van der Waals surface area contributed by atoms with Crippen LogP contribution in [0.1, 0.15) is 38.7 Å². The first-order valence-corrected chi connectivity index (χ1v) is 9.17. The van der Waals surface area contributed by atoms with Gasteiger partial charge in [-0.05, 0) is 48.3 Å². The third-order valence-corrected chi connectivity index (χ3v) is 6.04. The van der Waals surface area contributed by atoms with Gasteiger partial charge >= 0.3 is 0 Å². The summed E-state index contributed by atoms with van der Waals surface area (Å²) in [5, 5.41) is 3.41. The Hall–Kier alpha value is -0.910. The van der Waals surface area contributed by atoms with E-state index in [1.807, 2.05) is 12.1 Å². The summed E-state index contributed by atoms with van der Waals surface area (Å²) < 4.78 is 27.4. The lowest BCUT2D eigenvalue weighted by Crippen LogP contribution is -2.27. The van der Waals surface area contributed by atoms with E-state index in [4.69, 9.17) is 0 Å². The van der Waals surface area contributed by atoms with Crippen molar-refractivity contribution in [2.75, 3.05) is 6.54 Å². The fraction of sp³-hybridized carbons (Fsp3) is 0.625. The summed E-state index contributed by atoms with van der Waals surface area (Å²) in [7, 11) is -3.39. The van der Waals surface area contributed by atoms with Crippen molar-refractivity contribution in [3.63, 3.8) is 0 Å². The second-order valence-corrected chi connectivity index (χ2v) is 8.81. The highest BCUT2D eigenvalue weighted by Crippen LogP contribution is 2.51. The molecule has 0 radical (unpaired) electrons. The van der Waals surface area contributed by atoms with Gasteiger partial charge in [0.05, 0.1) is 4.90 Å². The Morgan fingerprint density at radius 3 is 2.62 bits per heavy atom. The van der Waals surface area contributed by atoms with Crippen LogP contribution >= 0.6 is 0 Å². The fourth-order valence-corrected chi connectivity index (χ4v) is 3.74. The van der Waals surface area contributed by atoms with Crippen molar-refractivity contribution in [3.8, 4) is 0 Å². The molecule has 1 atom stereocenters. The van der Waals surface area contributed by atoms with Crippen LogP contribution in [0.15, 0.2) is 29.2 Å². The molecule has 2 aliphatic rings. The number of hydrogen-bond donors (Lipinski definition) is 2. The molecule has 1 unspecified atom stereocenters. The maximum Gasteiger partial charge on any atom is 0.240 e. The highest BCUT2D eigenvalue weighted by molar-refractivity contribution is 7.89. The number of rotatable bonds is 7. The molecule has 4 nitrogen and oxygen atoms in total. The van der Waals surface area contributed by atoms with E-state index < -0.39 is 10.0 Å². The predicted molar refractivity (Wildman–Crippen MR) is 83.4 cm³/mol. The molecule has 2 N–H and O–H groups in total. The molecule has 2 saturated carbocycles. The Kier molecular flexibility index (Phi) is 3.84. The van der Waals surface area contributed by atoms with Crippen LogP contribution in [0.3, 0.4) is 0 Å². The van der Waals surface area contributed by atoms with Gasteiger partial charge < -0.3 is 5.32 Å². The number of hydrogen-bond acceptors (Lipinski definition) is 3. The van der Waals surface area contributed by atoms with E-state index in [1.54, 1.807) is 12.1 Å². The predicted octanol–water partition coefficient (Wildman–Crippen LogP) is 2.26. The first-order valence-electron chi connectivity index (χ1n) is 7.69. The number of nitrogens with one attached hydrogen (secondary N) is 2. The number of sulfonamides is 1. The van der Waals surface area contributed by atoms with Gasteiger partial charge in [-0.1, -0.05) is 26.0 Å². The van der Waals surface area contributed by atoms with Gasteiger partial charge in [-0.25, -0.2) is 13.1 Å². The zero-order valence-corrected chi connectivity index (χ0v) is 13.5. The molecule has 116 valence electrons. The van der Waals surface area contributed by atoms with Crippen molar-refractivity contribution >= 4 is 10.0 Å². The fourth-order valence-electron chi connectivity index (χ4n) is 2.59. The molecule has 0 bridgehead atoms. The second-order valence-electron chi connectivity index (χ2n) is 7.04. The third kappa shape index (κ3) is 3.84. The zero-order valence-electron chi connectivity index (χ0n) is 12.7. The molecular weight excluding hydrogens is 284 g/mol. The van der Waals surface area contributed by atoms with Gasteiger partial charge in [-0.2, -0.15) is 0 Å². The highest BCUT2D eigenvalue weighted by Gasteiger charge is 2.45. The maximum absolute atomic E-state index is 12.3. The molecule has 2 fully saturated rings. The standard InChI is InChI=1S/C16H24N2O2S/c1-16(2)9-13(16)11-18-21(19,20)15-5-3-4-12(8-15)10-17-14-6-7-14/h3-5,8,13-14,17-18H,6-7,9-11H2,1-2H3. The Morgan fingerprint density at radius 1 is 1.29 bits per heavy atom. The second kappa shape index (κ2) is 5.38. The van der Waals surface area contributed by atoms with Crippen LogP contribution in [0, 0.1) is 11.3 Å². The summed E-state index contributed by atoms with van der Waals surface area (Å²) in [5.41, 5.74) is 1.31. The van der Waals surface area contributed by atoms with Crippen LogP contribution < -0.4 is 10.0 Å². The van der Waals surface area contributed by atoms with Crippen molar-refractivity contribution in [2.24, 2.45) is 11.3 Å². The van der Waals surface area contributed by atoms with E-state index in [-0.39, 0.29) is 0 Å². The molecule has 0 aromatic heterocycles. The van der Waals surface area contributed by atoms with Gasteiger partial charge in [-0.15, -0.1) is 0 Å². The Labute approximate surface area is 127 Å². The molecule has 1 aromatic carbocycles. The minimum absolute atomic E-state index is 0.290. The molecule has 0 heterocycles. The summed E-state index contributed by atoms with van der Waals surface area (Å²) in [4.78, 5) is 0.371. The van der Waals surface area contributed by atoms with Crippen LogP contribution in [0.5, 0.6) is 0 Å². The first-order chi connectivity index (χ1) is 9.87. The van der Waals surface area contributed by atoms with Crippen molar-refractivity contribution < 1.29 is 8.42 Å². The van der Waals surface area contributed by atoms with Gasteiger partial charge in [0, 0.05) is 19.1 Å². The lowest BCUT2D eigenvalue weighted by molar-refractivity contribution is 0.537. The Morgan fingerprint density at radius 2 is 2.00 bits per heavy atom. The van der Waals surface area contributed by atoms with E-state index in [2.05, 4.69) is 23.9 Å². The Balaban J connectivity index is 1.62. The molecule has 0 saturated heterocycles. The van der Waals surface area contributed by atoms with E-state index in [0.29, 0.717) is 28.8 Å². The van der Waals surface area contributed by atoms with Gasteiger partial charge in [0.1, 0.15) is 0 Å². The summed E-state index contributed by atoms with van der Waals surface area (Å²) in [6.07, 6.45) is 3.56. The zero-order chi connectivity index (χ0) is 15.1. The molecular formula is C16H24N2O2S. The van der Waals surface area contributed by atoms with Crippen LogP contribution in [-0.4, -0.2) is 21.0 Å². The van der Waals surface area contributed by atoms with E-state index in [9.17, 15) is 8.42 Å². The number of benzene rings is 1. The monoisotopic (exact) mass is 308 g/mol. The average Bonchev–Trinajstić information content (AvgIpc) is 3.33. The molecule has 5 heteroatoms. The summed E-state index contributed by atoms with van der Waals surface area (Å²) in [5.74, 6) is 0.465. The molecule has 0 spiro atoms. The maximum atomic E-state index is 12.3. The first kappa shape index (κ1) is 15.0. The van der Waals surface area contributed by atoms with E-state index >= 15 is 0 Å². The normalized spacial score (nSPS) is 24.0. The van der Waals surface area contributed by atoms with Gasteiger partial charge in [0.15, 0.2) is 0 Å². The van der Waals surface area contributed by atoms with Crippen LogP contribution in [0.2, 0.25) is 0 Å². The molecule has 1 aromatic rings.